The Balaban J connectivity index is 1.42. The molecule has 3 aliphatic rings. The second-order valence-corrected chi connectivity index (χ2v) is 10.4. The Bertz CT molecular complexity index is 1670. The van der Waals surface area contributed by atoms with Gasteiger partial charge in [-0.25, -0.2) is 9.78 Å². The van der Waals surface area contributed by atoms with Gasteiger partial charge in [0.1, 0.15) is 36.8 Å². The molecular weight excluding hydrogens is 540 g/mol. The number of hydrogen-bond acceptors (Lipinski definition) is 12. The van der Waals surface area contributed by atoms with Crippen LogP contribution in [0.3, 0.4) is 0 Å². The molecule has 3 aromatic rings. The number of aliphatic carboxylic acids is 1. The van der Waals surface area contributed by atoms with Crippen molar-refractivity contribution in [3.05, 3.63) is 56.9 Å². The zero-order valence-corrected chi connectivity index (χ0v) is 22.1. The number of aromatic nitrogens is 2. The number of nitrogens with zero attached hydrogens (tertiary/aromatic N) is 2. The monoisotopic (exact) mass is 567 g/mol. The highest BCUT2D eigenvalue weighted by atomic mass is 16.7. The fourth-order valence-corrected chi connectivity index (χ4v) is 5.89. The number of benzene rings is 1. The normalized spacial score (nSPS) is 28.5. The maximum Gasteiger partial charge on any atom is 0.343 e. The van der Waals surface area contributed by atoms with Crippen LogP contribution in [0.25, 0.3) is 22.3 Å². The van der Waals surface area contributed by atoms with E-state index in [1.165, 1.54) is 6.07 Å². The minimum atomic E-state index is -1.94. The highest BCUT2D eigenvalue weighted by molar-refractivity contribution is 5.90. The summed E-state index contributed by atoms with van der Waals surface area (Å²) >= 11 is 0. The van der Waals surface area contributed by atoms with Gasteiger partial charge in [0.25, 0.3) is 5.56 Å². The average Bonchev–Trinajstić information content (AvgIpc) is 3.32. The van der Waals surface area contributed by atoms with Gasteiger partial charge in [-0.3, -0.25) is 4.79 Å². The lowest BCUT2D eigenvalue weighted by Crippen LogP contribution is -2.63. The molecule has 1 saturated heterocycles. The van der Waals surface area contributed by atoms with E-state index in [-0.39, 0.29) is 42.0 Å². The number of cyclic esters (lactones) is 1. The summed E-state index contributed by atoms with van der Waals surface area (Å²) in [4.78, 5) is 42.1. The summed E-state index contributed by atoms with van der Waals surface area (Å²) in [7, 11) is 0. The molecule has 2 aromatic heterocycles. The van der Waals surface area contributed by atoms with E-state index in [2.05, 4.69) is 0 Å². The van der Waals surface area contributed by atoms with Gasteiger partial charge in [0.15, 0.2) is 5.60 Å². The third-order valence-corrected chi connectivity index (χ3v) is 8.18. The first-order chi connectivity index (χ1) is 19.5. The number of fused-ring (bicyclic) bond motifs is 5. The van der Waals surface area contributed by atoms with Gasteiger partial charge in [0.2, 0.25) is 6.29 Å². The Kier molecular flexibility index (Phi) is 6.39. The highest BCUT2D eigenvalue weighted by Crippen LogP contribution is 2.41. The first-order valence-electron chi connectivity index (χ1n) is 13.2. The van der Waals surface area contributed by atoms with Gasteiger partial charge in [-0.05, 0) is 42.7 Å². The number of esters is 1. The molecule has 0 amide bonds. The first kappa shape index (κ1) is 27.3. The van der Waals surface area contributed by atoms with E-state index in [1.807, 2.05) is 6.92 Å². The van der Waals surface area contributed by atoms with Crippen molar-refractivity contribution in [2.45, 2.75) is 76.1 Å². The van der Waals surface area contributed by atoms with Crippen LogP contribution in [0.5, 0.6) is 5.75 Å². The lowest BCUT2D eigenvalue weighted by atomic mass is 9.86. The quantitative estimate of drug-likeness (QED) is 0.205. The van der Waals surface area contributed by atoms with Gasteiger partial charge in [0, 0.05) is 16.5 Å². The number of rotatable bonds is 5. The van der Waals surface area contributed by atoms with Crippen LogP contribution in [0.1, 0.15) is 42.5 Å². The minimum Gasteiger partial charge on any atom is -0.547 e. The molecule has 0 unspecified atom stereocenters. The van der Waals surface area contributed by atoms with Gasteiger partial charge < -0.3 is 49.1 Å². The zero-order chi connectivity index (χ0) is 29.4. The Morgan fingerprint density at radius 3 is 2.59 bits per heavy atom. The molecule has 0 aliphatic carbocycles. The maximum absolute atomic E-state index is 13.5. The minimum absolute atomic E-state index is 0.0296. The molecule has 0 saturated carbocycles. The van der Waals surface area contributed by atoms with E-state index in [0.29, 0.717) is 28.7 Å². The van der Waals surface area contributed by atoms with Crippen molar-refractivity contribution in [3.8, 4) is 17.1 Å². The Labute approximate surface area is 232 Å². The predicted molar refractivity (Wildman–Crippen MR) is 136 cm³/mol. The highest BCUT2D eigenvalue weighted by Gasteiger charge is 2.47. The third-order valence-electron chi connectivity index (χ3n) is 8.18. The largest absolute Gasteiger partial charge is 0.547 e. The topological polar surface area (TPSA) is 201 Å². The maximum atomic E-state index is 13.5. The molecule has 0 bridgehead atoms. The number of ether oxygens (including phenoxy) is 3. The summed E-state index contributed by atoms with van der Waals surface area (Å²) in [5.74, 6) is -2.40. The molecule has 3 aliphatic heterocycles. The van der Waals surface area contributed by atoms with Gasteiger partial charge >= 0.3 is 5.97 Å². The number of carbonyl (C=O) groups excluding carboxylic acids is 2. The number of hydrogen-bond donors (Lipinski definition) is 4. The predicted octanol–water partition coefficient (Wildman–Crippen LogP) is -1.42. The summed E-state index contributed by atoms with van der Waals surface area (Å²) < 4.78 is 17.5. The molecule has 0 radical (unpaired) electrons. The summed E-state index contributed by atoms with van der Waals surface area (Å²) in [6.45, 7) is 3.53. The Morgan fingerprint density at radius 2 is 1.90 bits per heavy atom. The fraction of sp³-hybridized carbons (Fsp3) is 0.429. The summed E-state index contributed by atoms with van der Waals surface area (Å²) in [6.07, 6.45) is -8.46. The molecule has 4 N–H and O–H groups in total. The SMILES string of the molecule is CCc1c2c(nc3ccc(O[C@@H]4O[C@H](C(=O)[O-])[C@@H](O)[C@H](O)[C@H]4O)cc13)-c1cc3c(c(=O)n1C2)COC(=O)[C@]3(O)CC. The zero-order valence-electron chi connectivity index (χ0n) is 22.1. The van der Waals surface area contributed by atoms with Crippen LogP contribution in [0, 0.1) is 0 Å². The van der Waals surface area contributed by atoms with Crippen LogP contribution in [-0.2, 0) is 44.2 Å². The molecular formula is C28H27N2O11-. The standard InChI is InChI=1S/C28H28N2O11/c1-3-12-13-7-11(40-26-22(33)20(31)21(32)23(41-26)25(35)36)5-6-17(13)29-19-14(12)9-30-18(19)8-16-15(24(30)34)10-39-27(37)28(16,38)4-2/h5-8,20-23,26,31-33,38H,3-4,9-10H2,1-2H3,(H,35,36)/p-1/t20-,21-,22+,23-,26+,28-/m0/s1. The number of aliphatic hydroxyl groups excluding tert-OH is 3. The molecule has 1 aromatic carbocycles. The number of pyridine rings is 2. The lowest BCUT2D eigenvalue weighted by molar-refractivity contribution is -0.342. The van der Waals surface area contributed by atoms with Crippen molar-refractivity contribution in [1.82, 2.24) is 9.55 Å². The van der Waals surface area contributed by atoms with E-state index in [9.17, 15) is 39.9 Å². The first-order valence-corrected chi connectivity index (χ1v) is 13.2. The second kappa shape index (κ2) is 9.60. The van der Waals surface area contributed by atoms with E-state index in [4.69, 9.17) is 19.2 Å². The summed E-state index contributed by atoms with van der Waals surface area (Å²) in [5, 5.41) is 53.4. The van der Waals surface area contributed by atoms with Gasteiger partial charge in [-0.1, -0.05) is 13.8 Å². The number of aliphatic hydroxyl groups is 4. The number of aryl methyl sites for hydroxylation is 1. The molecule has 0 spiro atoms. The van der Waals surface area contributed by atoms with E-state index >= 15 is 0 Å². The number of carbonyl (C=O) groups is 2. The fourth-order valence-electron chi connectivity index (χ4n) is 5.89. The van der Waals surface area contributed by atoms with Crippen molar-refractivity contribution >= 4 is 22.8 Å². The Morgan fingerprint density at radius 1 is 1.15 bits per heavy atom. The molecule has 216 valence electrons. The van der Waals surface area contributed by atoms with Crippen LogP contribution >= 0.6 is 0 Å². The van der Waals surface area contributed by atoms with E-state index in [1.54, 1.807) is 29.7 Å². The molecule has 6 atom stereocenters. The molecule has 41 heavy (non-hydrogen) atoms. The molecule has 6 rings (SSSR count). The number of carboxylic acid groups (broad SMARTS) is 1. The van der Waals surface area contributed by atoms with Crippen molar-refractivity contribution in [2.24, 2.45) is 0 Å². The third kappa shape index (κ3) is 3.95. The lowest BCUT2D eigenvalue weighted by Gasteiger charge is -2.40. The van der Waals surface area contributed by atoms with Crippen LogP contribution in [0.15, 0.2) is 29.1 Å². The average molecular weight is 568 g/mol. The van der Waals surface area contributed by atoms with Gasteiger partial charge in [-0.15, -0.1) is 0 Å². The van der Waals surface area contributed by atoms with E-state index < -0.39 is 48.2 Å². The number of carboxylic acids is 1. The smallest absolute Gasteiger partial charge is 0.343 e. The molecule has 5 heterocycles. The van der Waals surface area contributed by atoms with Crippen molar-refractivity contribution < 1.29 is 49.3 Å². The van der Waals surface area contributed by atoms with Gasteiger partial charge in [0.05, 0.1) is 35.0 Å². The Hall–Kier alpha value is -3.88. The van der Waals surface area contributed by atoms with Crippen molar-refractivity contribution in [1.29, 1.82) is 0 Å². The summed E-state index contributed by atoms with van der Waals surface area (Å²) in [5.41, 5.74) is 1.31. The molecule has 13 heteroatoms. The van der Waals surface area contributed by atoms with Crippen molar-refractivity contribution in [2.75, 3.05) is 0 Å². The van der Waals surface area contributed by atoms with Gasteiger partial charge in [-0.2, -0.15) is 0 Å². The molecule has 1 fully saturated rings. The van der Waals surface area contributed by atoms with Crippen LogP contribution in [-0.4, -0.2) is 72.6 Å². The van der Waals surface area contributed by atoms with Crippen LogP contribution in [0.4, 0.5) is 0 Å². The van der Waals surface area contributed by atoms with Crippen LogP contribution < -0.4 is 15.4 Å². The van der Waals surface area contributed by atoms with Crippen LogP contribution in [0.2, 0.25) is 0 Å². The summed E-state index contributed by atoms with van der Waals surface area (Å²) in [6, 6.07) is 6.42. The molecule has 13 nitrogen and oxygen atoms in total. The van der Waals surface area contributed by atoms with Crippen molar-refractivity contribution in [3.63, 3.8) is 0 Å². The van der Waals surface area contributed by atoms with E-state index in [0.717, 1.165) is 11.1 Å². The second-order valence-electron chi connectivity index (χ2n) is 10.4.